The van der Waals surface area contributed by atoms with E-state index >= 15 is 0 Å². The van der Waals surface area contributed by atoms with Crippen LogP contribution in [0.5, 0.6) is 0 Å². The molecule has 0 heterocycles. The van der Waals surface area contributed by atoms with Crippen molar-refractivity contribution in [1.29, 1.82) is 5.26 Å². The second-order valence-electron chi connectivity index (χ2n) is 4.47. The third kappa shape index (κ3) is 3.27. The van der Waals surface area contributed by atoms with Gasteiger partial charge in [-0.25, -0.2) is 0 Å². The lowest BCUT2D eigenvalue weighted by Crippen LogP contribution is -2.33. The summed E-state index contributed by atoms with van der Waals surface area (Å²) in [5.74, 6) is 2.42. The zero-order valence-electron chi connectivity index (χ0n) is 10.0. The van der Waals surface area contributed by atoms with Crippen LogP contribution in [0.4, 0.5) is 13.2 Å². The SMILES string of the molecule is C[C@@](O)(C#C/C(=C\C(N)=O)C(F)(F)F)C1(C#N)CC1. The molecule has 0 unspecified atom stereocenters. The van der Waals surface area contributed by atoms with Gasteiger partial charge in [-0.15, -0.1) is 0 Å². The van der Waals surface area contributed by atoms with Crippen molar-refractivity contribution < 1.29 is 23.1 Å². The van der Waals surface area contributed by atoms with Crippen molar-refractivity contribution in [3.8, 4) is 17.9 Å². The Morgan fingerprint density at radius 1 is 1.47 bits per heavy atom. The van der Waals surface area contributed by atoms with Gasteiger partial charge >= 0.3 is 6.18 Å². The zero-order chi connectivity index (χ0) is 14.9. The Hall–Kier alpha value is -1.99. The van der Waals surface area contributed by atoms with E-state index in [1.807, 2.05) is 12.0 Å². The van der Waals surface area contributed by atoms with E-state index in [9.17, 15) is 23.1 Å². The molecule has 0 aromatic rings. The molecule has 4 nitrogen and oxygen atoms in total. The average molecular weight is 272 g/mol. The first kappa shape index (κ1) is 15.1. The van der Waals surface area contributed by atoms with Gasteiger partial charge in [-0.05, 0) is 19.8 Å². The number of hydrogen-bond acceptors (Lipinski definition) is 3. The fourth-order valence-electron chi connectivity index (χ4n) is 1.47. The summed E-state index contributed by atoms with van der Waals surface area (Å²) in [6.07, 6.45) is -3.96. The highest BCUT2D eigenvalue weighted by molar-refractivity contribution is 5.87. The van der Waals surface area contributed by atoms with Gasteiger partial charge in [0, 0.05) is 6.08 Å². The molecule has 1 amide bonds. The molecular weight excluding hydrogens is 261 g/mol. The summed E-state index contributed by atoms with van der Waals surface area (Å²) in [7, 11) is 0. The van der Waals surface area contributed by atoms with E-state index in [0.717, 1.165) is 0 Å². The molecule has 0 radical (unpaired) electrons. The number of alkyl halides is 3. The maximum absolute atomic E-state index is 12.5. The Balaban J connectivity index is 3.10. The molecule has 19 heavy (non-hydrogen) atoms. The lowest BCUT2D eigenvalue weighted by atomic mass is 9.87. The quantitative estimate of drug-likeness (QED) is 0.581. The predicted octanol–water partition coefficient (Wildman–Crippen LogP) is 1.02. The fraction of sp³-hybridized carbons (Fsp3) is 0.500. The molecule has 0 aromatic carbocycles. The highest BCUT2D eigenvalue weighted by atomic mass is 19.4. The van der Waals surface area contributed by atoms with Gasteiger partial charge in [-0.1, -0.05) is 11.8 Å². The number of primary amides is 1. The van der Waals surface area contributed by atoms with Gasteiger partial charge in [-0.2, -0.15) is 18.4 Å². The van der Waals surface area contributed by atoms with Crippen molar-refractivity contribution in [2.24, 2.45) is 11.1 Å². The fourth-order valence-corrected chi connectivity index (χ4v) is 1.47. The van der Waals surface area contributed by atoms with E-state index < -0.39 is 28.7 Å². The van der Waals surface area contributed by atoms with Crippen LogP contribution in [0.1, 0.15) is 19.8 Å². The number of nitrogens with zero attached hydrogens (tertiary/aromatic N) is 1. The predicted molar refractivity (Wildman–Crippen MR) is 59.0 cm³/mol. The van der Waals surface area contributed by atoms with Crippen LogP contribution < -0.4 is 5.73 Å². The van der Waals surface area contributed by atoms with E-state index in [2.05, 4.69) is 5.73 Å². The number of carbonyl (C=O) groups excluding carboxylic acids is 1. The van der Waals surface area contributed by atoms with Gasteiger partial charge in [-0.3, -0.25) is 4.79 Å². The van der Waals surface area contributed by atoms with Gasteiger partial charge in [0.2, 0.25) is 5.91 Å². The van der Waals surface area contributed by atoms with Crippen molar-refractivity contribution in [3.05, 3.63) is 11.6 Å². The number of rotatable bonds is 2. The van der Waals surface area contributed by atoms with Crippen molar-refractivity contribution >= 4 is 5.91 Å². The third-order valence-corrected chi connectivity index (χ3v) is 2.93. The number of nitrogens with two attached hydrogens (primary N) is 1. The molecule has 0 aliphatic heterocycles. The molecule has 1 fully saturated rings. The first-order chi connectivity index (χ1) is 8.54. The Morgan fingerprint density at radius 2 is 2.00 bits per heavy atom. The summed E-state index contributed by atoms with van der Waals surface area (Å²) in [6, 6.07) is 1.85. The van der Waals surface area contributed by atoms with Crippen molar-refractivity contribution in [1.82, 2.24) is 0 Å². The highest BCUT2D eigenvalue weighted by Crippen LogP contribution is 2.53. The Bertz CT molecular complexity index is 526. The molecule has 0 bridgehead atoms. The first-order valence-electron chi connectivity index (χ1n) is 5.29. The maximum Gasteiger partial charge on any atom is 0.424 e. The molecule has 102 valence electrons. The Kier molecular flexibility index (Phi) is 3.65. The summed E-state index contributed by atoms with van der Waals surface area (Å²) < 4.78 is 37.6. The van der Waals surface area contributed by atoms with E-state index in [0.29, 0.717) is 12.8 Å². The minimum atomic E-state index is -4.85. The van der Waals surface area contributed by atoms with E-state index in [-0.39, 0.29) is 6.08 Å². The number of carbonyl (C=O) groups is 1. The normalized spacial score (nSPS) is 20.5. The van der Waals surface area contributed by atoms with E-state index in [1.54, 1.807) is 5.92 Å². The van der Waals surface area contributed by atoms with Crippen LogP contribution in [0.3, 0.4) is 0 Å². The van der Waals surface area contributed by atoms with Crippen molar-refractivity contribution in [2.75, 3.05) is 0 Å². The number of aliphatic hydroxyl groups is 1. The van der Waals surface area contributed by atoms with Gasteiger partial charge < -0.3 is 10.8 Å². The highest BCUT2D eigenvalue weighted by Gasteiger charge is 2.56. The molecular formula is C12H11F3N2O2. The maximum atomic E-state index is 12.5. The molecule has 7 heteroatoms. The summed E-state index contributed by atoms with van der Waals surface area (Å²) in [4.78, 5) is 10.5. The van der Waals surface area contributed by atoms with Gasteiger partial charge in [0.05, 0.1) is 11.5 Å². The van der Waals surface area contributed by atoms with Crippen LogP contribution in [-0.4, -0.2) is 22.8 Å². The second kappa shape index (κ2) is 4.60. The van der Waals surface area contributed by atoms with Crippen LogP contribution >= 0.6 is 0 Å². The topological polar surface area (TPSA) is 87.1 Å². The number of halogens is 3. The Labute approximate surface area is 107 Å². The van der Waals surface area contributed by atoms with Crippen LogP contribution in [0.2, 0.25) is 0 Å². The first-order valence-corrected chi connectivity index (χ1v) is 5.29. The molecule has 3 N–H and O–H groups in total. The van der Waals surface area contributed by atoms with Crippen LogP contribution in [0.15, 0.2) is 11.6 Å². The number of hydrogen-bond donors (Lipinski definition) is 2. The number of allylic oxidation sites excluding steroid dienone is 1. The van der Waals surface area contributed by atoms with Crippen LogP contribution in [0, 0.1) is 28.6 Å². The minimum Gasteiger partial charge on any atom is -0.376 e. The molecule has 1 saturated carbocycles. The third-order valence-electron chi connectivity index (χ3n) is 2.93. The monoisotopic (exact) mass is 272 g/mol. The van der Waals surface area contributed by atoms with E-state index in [4.69, 9.17) is 5.26 Å². The van der Waals surface area contributed by atoms with Gasteiger partial charge in [0.15, 0.2) is 0 Å². The van der Waals surface area contributed by atoms with Crippen molar-refractivity contribution in [2.45, 2.75) is 31.5 Å². The molecule has 1 atom stereocenters. The van der Waals surface area contributed by atoms with Crippen LogP contribution in [0.25, 0.3) is 0 Å². The molecule has 0 aromatic heterocycles. The number of amides is 1. The number of nitriles is 1. The average Bonchev–Trinajstić information content (AvgIpc) is 3.03. The summed E-state index contributed by atoms with van der Waals surface area (Å²) in [6.45, 7) is 1.18. The Morgan fingerprint density at radius 3 is 2.32 bits per heavy atom. The summed E-state index contributed by atoms with van der Waals surface area (Å²) >= 11 is 0. The second-order valence-corrected chi connectivity index (χ2v) is 4.47. The van der Waals surface area contributed by atoms with E-state index in [1.165, 1.54) is 6.92 Å². The smallest absolute Gasteiger partial charge is 0.376 e. The standard InChI is InChI=1S/C12H11F3N2O2/c1-10(19,11(7-16)4-5-11)3-2-8(6-9(17)18)12(13,14)15/h6,19H,4-5H2,1H3,(H2,17,18)/b8-6+/t10-/m1/s1. The molecule has 0 saturated heterocycles. The molecule has 1 rings (SSSR count). The lowest BCUT2D eigenvalue weighted by Gasteiger charge is -2.21. The summed E-state index contributed by atoms with van der Waals surface area (Å²) in [5.41, 5.74) is 0.199. The largest absolute Gasteiger partial charge is 0.424 e. The zero-order valence-corrected chi connectivity index (χ0v) is 10.0. The lowest BCUT2D eigenvalue weighted by molar-refractivity contribution is -0.115. The van der Waals surface area contributed by atoms with Crippen molar-refractivity contribution in [3.63, 3.8) is 0 Å². The van der Waals surface area contributed by atoms with Crippen LogP contribution in [-0.2, 0) is 4.79 Å². The summed E-state index contributed by atoms with van der Waals surface area (Å²) in [5, 5.41) is 18.8. The molecule has 0 spiro atoms. The minimum absolute atomic E-state index is 0.148. The molecule has 1 aliphatic carbocycles. The molecule has 1 aliphatic rings. The van der Waals surface area contributed by atoms with Gasteiger partial charge in [0.25, 0.3) is 0 Å². The van der Waals surface area contributed by atoms with Gasteiger partial charge in [0.1, 0.15) is 11.2 Å².